The number of carbonyl (C=O) groups excluding carboxylic acids is 5. The molecule has 4 aromatic heterocycles. The molecule has 0 bridgehead atoms. The molecule has 1 aliphatic heterocycles. The van der Waals surface area contributed by atoms with E-state index in [2.05, 4.69) is 33.6 Å². The van der Waals surface area contributed by atoms with Crippen LogP contribution in [-0.4, -0.2) is 62.3 Å². The smallest absolute Gasteiger partial charge is 0.326 e. The van der Waals surface area contributed by atoms with Crippen molar-refractivity contribution in [2.45, 2.75) is 25.9 Å². The van der Waals surface area contributed by atoms with Crippen molar-refractivity contribution in [3.63, 3.8) is 0 Å². The summed E-state index contributed by atoms with van der Waals surface area (Å²) in [5.41, 5.74) is 11.0. The minimum Gasteiger partial charge on any atom is -0.487 e. The number of anilines is 4. The van der Waals surface area contributed by atoms with Gasteiger partial charge in [0.15, 0.2) is 0 Å². The molecule has 2 aromatic carbocycles. The number of benzene rings is 2. The van der Waals surface area contributed by atoms with Crippen LogP contribution >= 0.6 is 22.9 Å². The van der Waals surface area contributed by atoms with E-state index in [-0.39, 0.29) is 42.0 Å². The van der Waals surface area contributed by atoms with Gasteiger partial charge in [0, 0.05) is 82.5 Å². The monoisotopic (exact) mass is 823 g/mol. The number of rotatable bonds is 13. The van der Waals surface area contributed by atoms with Crippen LogP contribution in [0.2, 0.25) is 0 Å². The topological polar surface area (TPSA) is 187 Å². The first-order valence-electron chi connectivity index (χ1n) is 18.4. The molecule has 300 valence electrons. The summed E-state index contributed by atoms with van der Waals surface area (Å²) >= 11 is 8.12. The number of thiophene rings is 1. The number of alkyl halides is 1. The zero-order chi connectivity index (χ0) is 41.2. The SMILES string of the molecule is Cc1csc2c(OCc3ccccc3)cc3c(c12)[C@H](CCl)CN3C(=O)Nc1cc(C(=O)Nc2cc(C(=O)Nc3cc(C(=O)NCCC(N)=O)n(C)c3)n(C)c2)n(C)c1. The number of carbonyl (C=O) groups is 5. The quantitative estimate of drug-likeness (QED) is 0.0853. The summed E-state index contributed by atoms with van der Waals surface area (Å²) in [6.45, 7) is 2.90. The Bertz CT molecular complexity index is 2570. The van der Waals surface area contributed by atoms with Crippen molar-refractivity contribution in [2.24, 2.45) is 26.9 Å². The van der Waals surface area contributed by atoms with E-state index in [1.807, 2.05) is 36.4 Å². The van der Waals surface area contributed by atoms with Crippen LogP contribution in [-0.2, 0) is 32.5 Å². The number of primary amides is 1. The maximum absolute atomic E-state index is 14.0. The van der Waals surface area contributed by atoms with Gasteiger partial charge in [0.2, 0.25) is 5.91 Å². The fourth-order valence-corrected chi connectivity index (χ4v) is 8.40. The largest absolute Gasteiger partial charge is 0.487 e. The Morgan fingerprint density at radius 2 is 1.40 bits per heavy atom. The van der Waals surface area contributed by atoms with E-state index in [9.17, 15) is 24.0 Å². The summed E-state index contributed by atoms with van der Waals surface area (Å²) in [5.74, 6) is -0.951. The van der Waals surface area contributed by atoms with Crippen LogP contribution in [0.4, 0.5) is 27.5 Å². The molecule has 0 aliphatic carbocycles. The lowest BCUT2D eigenvalue weighted by atomic mass is 9.97. The summed E-state index contributed by atoms with van der Waals surface area (Å²) in [6.07, 6.45) is 4.84. The number of nitrogens with two attached hydrogens (primary N) is 1. The maximum Gasteiger partial charge on any atom is 0.326 e. The Morgan fingerprint density at radius 1 is 0.828 bits per heavy atom. The van der Waals surface area contributed by atoms with Crippen LogP contribution in [0.3, 0.4) is 0 Å². The summed E-state index contributed by atoms with van der Waals surface area (Å²) in [7, 11) is 5.01. The number of aromatic nitrogens is 3. The maximum atomic E-state index is 14.0. The fourth-order valence-electron chi connectivity index (χ4n) is 7.11. The fraction of sp³-hybridized carbons (Fsp3) is 0.244. The average Bonchev–Trinajstić information content (AvgIpc) is 4.01. The second-order valence-corrected chi connectivity index (χ2v) is 15.3. The van der Waals surface area contributed by atoms with Crippen LogP contribution in [0.15, 0.2) is 78.6 Å². The zero-order valence-corrected chi connectivity index (χ0v) is 33.8. The van der Waals surface area contributed by atoms with Gasteiger partial charge in [0.05, 0.1) is 27.4 Å². The van der Waals surface area contributed by atoms with Crippen LogP contribution in [0.25, 0.3) is 10.1 Å². The number of urea groups is 1. The van der Waals surface area contributed by atoms with Gasteiger partial charge < -0.3 is 45.4 Å². The Morgan fingerprint density at radius 3 is 1.97 bits per heavy atom. The van der Waals surface area contributed by atoms with Gasteiger partial charge in [0.25, 0.3) is 17.7 Å². The molecular formula is C41H42ClN9O6S. The zero-order valence-electron chi connectivity index (χ0n) is 32.2. The van der Waals surface area contributed by atoms with Crippen molar-refractivity contribution < 1.29 is 28.7 Å². The Hall–Kier alpha value is -6.52. The van der Waals surface area contributed by atoms with Gasteiger partial charge >= 0.3 is 6.03 Å². The molecule has 1 aliphatic rings. The highest BCUT2D eigenvalue weighted by molar-refractivity contribution is 7.17. The normalized spacial score (nSPS) is 13.3. The van der Waals surface area contributed by atoms with Crippen molar-refractivity contribution in [3.8, 4) is 5.75 Å². The van der Waals surface area contributed by atoms with Gasteiger partial charge in [-0.25, -0.2) is 4.79 Å². The second-order valence-electron chi connectivity index (χ2n) is 14.2. The summed E-state index contributed by atoms with van der Waals surface area (Å²) in [6, 6.07) is 16.1. The molecule has 6 N–H and O–H groups in total. The van der Waals surface area contributed by atoms with Gasteiger partial charge in [0.1, 0.15) is 29.4 Å². The molecule has 0 radical (unpaired) electrons. The summed E-state index contributed by atoms with van der Waals surface area (Å²) in [4.78, 5) is 65.9. The van der Waals surface area contributed by atoms with Crippen molar-refractivity contribution >= 4 is 85.4 Å². The van der Waals surface area contributed by atoms with Gasteiger partial charge in [-0.1, -0.05) is 30.3 Å². The van der Waals surface area contributed by atoms with Gasteiger partial charge in [-0.3, -0.25) is 24.1 Å². The number of aryl methyl sites for hydroxylation is 4. The second kappa shape index (κ2) is 16.5. The number of amides is 6. The number of halogens is 1. The van der Waals surface area contributed by atoms with Gasteiger partial charge in [-0.2, -0.15) is 0 Å². The predicted molar refractivity (Wildman–Crippen MR) is 225 cm³/mol. The van der Waals surface area contributed by atoms with E-state index < -0.39 is 23.6 Å². The molecule has 0 saturated carbocycles. The Kier molecular flexibility index (Phi) is 11.3. The van der Waals surface area contributed by atoms with E-state index in [4.69, 9.17) is 22.1 Å². The van der Waals surface area contributed by atoms with Gasteiger partial charge in [-0.15, -0.1) is 22.9 Å². The number of nitrogens with one attached hydrogen (secondary N) is 4. The van der Waals surface area contributed by atoms with E-state index in [1.54, 1.807) is 75.7 Å². The lowest BCUT2D eigenvalue weighted by molar-refractivity contribution is -0.117. The average molecular weight is 824 g/mol. The molecule has 1 atom stereocenters. The van der Waals surface area contributed by atoms with Crippen molar-refractivity contribution in [3.05, 3.63) is 112 Å². The van der Waals surface area contributed by atoms with Crippen LogP contribution < -0.4 is 36.6 Å². The lowest BCUT2D eigenvalue weighted by Gasteiger charge is -2.19. The molecule has 15 nitrogen and oxygen atoms in total. The number of ether oxygens (including phenoxy) is 1. The number of hydrogen-bond donors (Lipinski definition) is 5. The molecule has 17 heteroatoms. The lowest BCUT2D eigenvalue weighted by Crippen LogP contribution is -2.34. The predicted octanol–water partition coefficient (Wildman–Crippen LogP) is 6.29. The highest BCUT2D eigenvalue weighted by Gasteiger charge is 2.36. The highest BCUT2D eigenvalue weighted by Crippen LogP contribution is 2.49. The minimum atomic E-state index is -0.531. The summed E-state index contributed by atoms with van der Waals surface area (Å²) in [5, 5.41) is 14.3. The van der Waals surface area contributed by atoms with E-state index in [1.165, 1.54) is 12.1 Å². The Labute approximate surface area is 342 Å². The molecular weight excluding hydrogens is 782 g/mol. The Balaban J connectivity index is 1.03. The van der Waals surface area contributed by atoms with E-state index in [0.717, 1.165) is 32.5 Å². The molecule has 6 aromatic rings. The minimum absolute atomic E-state index is 0.00426. The number of hydrogen-bond acceptors (Lipinski definition) is 7. The first-order valence-corrected chi connectivity index (χ1v) is 19.8. The van der Waals surface area contributed by atoms with Crippen molar-refractivity contribution in [2.75, 3.05) is 39.8 Å². The number of nitrogens with zero attached hydrogens (tertiary/aromatic N) is 4. The molecule has 6 amide bonds. The molecule has 58 heavy (non-hydrogen) atoms. The molecule has 0 unspecified atom stereocenters. The highest BCUT2D eigenvalue weighted by atomic mass is 35.5. The first-order chi connectivity index (χ1) is 27.8. The third kappa shape index (κ3) is 8.15. The summed E-state index contributed by atoms with van der Waals surface area (Å²) < 4.78 is 12.1. The standard InChI is InChI=1S/C41H42ClN9O6S/c1-23-22-58-37-33(57-21-24-8-6-5-7-9-24)15-29-36(35(23)37)25(16-42)17-51(29)41(56)47-28-14-32(50(4)20-28)40(55)46-27-13-31(49(3)19-27)39(54)45-26-12-30(48(2)18-26)38(53)44-11-10-34(43)52/h5-9,12-15,18-20,22,25H,10-11,16-17,21H2,1-4H3,(H2,43,52)(H,44,53)(H,45,54)(H,46,55)(H,47,56)/t25-/m1/s1. The van der Waals surface area contributed by atoms with Crippen LogP contribution in [0.1, 0.15) is 60.5 Å². The molecule has 0 saturated heterocycles. The number of fused-ring (bicyclic) bond motifs is 3. The third-order valence-electron chi connectivity index (χ3n) is 9.92. The van der Waals surface area contributed by atoms with E-state index >= 15 is 0 Å². The molecule has 0 fully saturated rings. The van der Waals surface area contributed by atoms with Crippen molar-refractivity contribution in [1.29, 1.82) is 0 Å². The van der Waals surface area contributed by atoms with Gasteiger partial charge in [-0.05, 0) is 47.2 Å². The molecule has 0 spiro atoms. The first kappa shape index (κ1) is 39.7. The molecule has 7 rings (SSSR count). The van der Waals surface area contributed by atoms with E-state index in [0.29, 0.717) is 41.8 Å². The van der Waals surface area contributed by atoms with Crippen LogP contribution in [0.5, 0.6) is 5.75 Å². The van der Waals surface area contributed by atoms with Crippen molar-refractivity contribution in [1.82, 2.24) is 19.0 Å². The molecule has 5 heterocycles. The third-order valence-corrected chi connectivity index (χ3v) is 11.4. The van der Waals surface area contributed by atoms with Crippen LogP contribution in [0, 0.1) is 6.92 Å².